The van der Waals surface area contributed by atoms with Crippen molar-refractivity contribution in [3.05, 3.63) is 50.9 Å². The number of halogens is 1. The van der Waals surface area contributed by atoms with Crippen molar-refractivity contribution in [3.8, 4) is 0 Å². The number of hydrogen-bond acceptors (Lipinski definition) is 4. The van der Waals surface area contributed by atoms with Crippen molar-refractivity contribution >= 4 is 41.1 Å². The minimum absolute atomic E-state index is 0.190. The predicted octanol–water partition coefficient (Wildman–Crippen LogP) is 3.68. The lowest BCUT2D eigenvalue weighted by molar-refractivity contribution is -0.139. The van der Waals surface area contributed by atoms with Crippen molar-refractivity contribution in [1.82, 2.24) is 4.98 Å². The van der Waals surface area contributed by atoms with E-state index in [1.165, 1.54) is 18.4 Å². The van der Waals surface area contributed by atoms with Gasteiger partial charge in [-0.25, -0.2) is 4.98 Å². The molecule has 0 spiro atoms. The average molecular weight is 294 g/mol. The first-order valence-corrected chi connectivity index (χ1v) is 6.83. The first-order chi connectivity index (χ1) is 9.19. The standard InChI is InChI=1S/C14H12ClNO2S/c1-18-13(17)9-12-11(16-14(15)19-12)8-7-10-5-3-2-4-6-10/h2-8H,9H2,1H3. The van der Waals surface area contributed by atoms with Crippen molar-refractivity contribution < 1.29 is 9.53 Å². The highest BCUT2D eigenvalue weighted by Crippen LogP contribution is 2.25. The summed E-state index contributed by atoms with van der Waals surface area (Å²) < 4.78 is 5.08. The van der Waals surface area contributed by atoms with Crippen molar-refractivity contribution in [1.29, 1.82) is 0 Å². The van der Waals surface area contributed by atoms with Gasteiger partial charge in [-0.05, 0) is 11.6 Å². The SMILES string of the molecule is COC(=O)Cc1sc(Cl)nc1C=Cc1ccccc1. The van der Waals surface area contributed by atoms with E-state index in [1.54, 1.807) is 0 Å². The zero-order valence-corrected chi connectivity index (χ0v) is 11.9. The van der Waals surface area contributed by atoms with Gasteiger partial charge in [-0.15, -0.1) is 11.3 Å². The smallest absolute Gasteiger partial charge is 0.310 e. The summed E-state index contributed by atoms with van der Waals surface area (Å²) in [6, 6.07) is 9.86. The van der Waals surface area contributed by atoms with Crippen LogP contribution in [0.25, 0.3) is 12.2 Å². The van der Waals surface area contributed by atoms with Crippen LogP contribution in [-0.2, 0) is 16.0 Å². The van der Waals surface area contributed by atoms with E-state index in [0.29, 0.717) is 10.2 Å². The van der Waals surface area contributed by atoms with Crippen molar-refractivity contribution in [2.45, 2.75) is 6.42 Å². The lowest BCUT2D eigenvalue weighted by Crippen LogP contribution is -2.03. The van der Waals surface area contributed by atoms with Crippen LogP contribution in [-0.4, -0.2) is 18.1 Å². The molecule has 1 aromatic carbocycles. The van der Waals surface area contributed by atoms with Gasteiger partial charge in [-0.3, -0.25) is 4.79 Å². The second-order valence-corrected chi connectivity index (χ2v) is 5.44. The highest BCUT2D eigenvalue weighted by atomic mass is 35.5. The van der Waals surface area contributed by atoms with Crippen LogP contribution in [0.5, 0.6) is 0 Å². The third kappa shape index (κ3) is 3.91. The fourth-order valence-electron chi connectivity index (χ4n) is 1.53. The van der Waals surface area contributed by atoms with Crippen LogP contribution in [0.2, 0.25) is 4.47 Å². The first-order valence-electron chi connectivity index (χ1n) is 5.64. The normalized spacial score (nSPS) is 10.8. The van der Waals surface area contributed by atoms with Crippen molar-refractivity contribution in [3.63, 3.8) is 0 Å². The zero-order valence-electron chi connectivity index (χ0n) is 10.3. The summed E-state index contributed by atoms with van der Waals surface area (Å²) in [6.07, 6.45) is 3.98. The molecule has 3 nitrogen and oxygen atoms in total. The number of thiazole rings is 1. The maximum absolute atomic E-state index is 11.3. The largest absolute Gasteiger partial charge is 0.469 e. The number of rotatable bonds is 4. The molecule has 5 heteroatoms. The Kier molecular flexibility index (Phi) is 4.71. The molecule has 0 bridgehead atoms. The van der Waals surface area contributed by atoms with Crippen LogP contribution in [0.15, 0.2) is 30.3 Å². The second kappa shape index (κ2) is 6.50. The van der Waals surface area contributed by atoms with E-state index in [-0.39, 0.29) is 12.4 Å². The topological polar surface area (TPSA) is 39.2 Å². The Hall–Kier alpha value is -1.65. The summed E-state index contributed by atoms with van der Waals surface area (Å²) in [6.45, 7) is 0. The number of carbonyl (C=O) groups is 1. The Balaban J connectivity index is 2.20. The van der Waals surface area contributed by atoms with Crippen LogP contribution in [0, 0.1) is 0 Å². The molecule has 0 fully saturated rings. The number of ether oxygens (including phenoxy) is 1. The van der Waals surface area contributed by atoms with Gasteiger partial charge in [0.1, 0.15) is 0 Å². The Labute approximate surface area is 120 Å². The third-order valence-corrected chi connectivity index (χ3v) is 3.64. The lowest BCUT2D eigenvalue weighted by atomic mass is 10.2. The molecule has 0 atom stereocenters. The molecule has 1 aromatic heterocycles. The molecular formula is C14H12ClNO2S. The van der Waals surface area contributed by atoms with Gasteiger partial charge in [0, 0.05) is 4.88 Å². The van der Waals surface area contributed by atoms with E-state index in [9.17, 15) is 4.79 Å². The summed E-state index contributed by atoms with van der Waals surface area (Å²) in [5, 5.41) is 0. The molecule has 0 amide bonds. The highest BCUT2D eigenvalue weighted by molar-refractivity contribution is 7.16. The molecule has 0 saturated heterocycles. The number of aromatic nitrogens is 1. The van der Waals surface area contributed by atoms with Gasteiger partial charge in [0.25, 0.3) is 0 Å². The number of hydrogen-bond donors (Lipinski definition) is 0. The number of nitrogens with zero attached hydrogens (tertiary/aromatic N) is 1. The fraction of sp³-hybridized carbons (Fsp3) is 0.143. The molecule has 0 saturated carbocycles. The maximum atomic E-state index is 11.3. The molecule has 2 aromatic rings. The van der Waals surface area contributed by atoms with Crippen molar-refractivity contribution in [2.24, 2.45) is 0 Å². The third-order valence-electron chi connectivity index (χ3n) is 2.47. The molecule has 0 radical (unpaired) electrons. The molecule has 1 heterocycles. The van der Waals surface area contributed by atoms with E-state index in [2.05, 4.69) is 9.72 Å². The van der Waals surface area contributed by atoms with E-state index < -0.39 is 0 Å². The van der Waals surface area contributed by atoms with E-state index >= 15 is 0 Å². The van der Waals surface area contributed by atoms with Gasteiger partial charge in [-0.1, -0.05) is 48.0 Å². The Morgan fingerprint density at radius 2 is 2.11 bits per heavy atom. The number of methoxy groups -OCH3 is 1. The van der Waals surface area contributed by atoms with Gasteiger partial charge in [0.05, 0.1) is 19.2 Å². The Morgan fingerprint density at radius 1 is 1.37 bits per heavy atom. The monoisotopic (exact) mass is 293 g/mol. The summed E-state index contributed by atoms with van der Waals surface area (Å²) >= 11 is 7.19. The number of benzene rings is 1. The summed E-state index contributed by atoms with van der Waals surface area (Å²) in [5.74, 6) is -0.297. The van der Waals surface area contributed by atoms with E-state index in [1.807, 2.05) is 42.5 Å². The number of carbonyl (C=O) groups excluding carboxylic acids is 1. The molecule has 2 rings (SSSR count). The van der Waals surface area contributed by atoms with Gasteiger partial charge < -0.3 is 4.74 Å². The minimum Gasteiger partial charge on any atom is -0.469 e. The lowest BCUT2D eigenvalue weighted by Gasteiger charge is -1.97. The molecule has 98 valence electrons. The van der Waals surface area contributed by atoms with Gasteiger partial charge >= 0.3 is 5.97 Å². The van der Waals surface area contributed by atoms with Crippen LogP contribution >= 0.6 is 22.9 Å². The van der Waals surface area contributed by atoms with Gasteiger partial charge in [0.2, 0.25) is 0 Å². The fourth-order valence-corrected chi connectivity index (χ4v) is 2.66. The molecule has 0 unspecified atom stereocenters. The highest BCUT2D eigenvalue weighted by Gasteiger charge is 2.12. The molecule has 0 aliphatic heterocycles. The van der Waals surface area contributed by atoms with Crippen molar-refractivity contribution in [2.75, 3.05) is 7.11 Å². The van der Waals surface area contributed by atoms with Crippen LogP contribution in [0.3, 0.4) is 0 Å². The van der Waals surface area contributed by atoms with Crippen LogP contribution < -0.4 is 0 Å². The second-order valence-electron chi connectivity index (χ2n) is 3.77. The molecular weight excluding hydrogens is 282 g/mol. The number of esters is 1. The van der Waals surface area contributed by atoms with Gasteiger partial charge in [-0.2, -0.15) is 0 Å². The van der Waals surface area contributed by atoms with E-state index in [0.717, 1.165) is 10.4 Å². The summed E-state index contributed by atoms with van der Waals surface area (Å²) in [7, 11) is 1.37. The Morgan fingerprint density at radius 3 is 2.79 bits per heavy atom. The molecule has 0 aliphatic rings. The summed E-state index contributed by atoms with van der Waals surface area (Å²) in [5.41, 5.74) is 1.78. The quantitative estimate of drug-likeness (QED) is 0.807. The molecule has 19 heavy (non-hydrogen) atoms. The maximum Gasteiger partial charge on any atom is 0.310 e. The molecule has 0 aliphatic carbocycles. The average Bonchev–Trinajstić information content (AvgIpc) is 2.77. The minimum atomic E-state index is -0.297. The summed E-state index contributed by atoms with van der Waals surface area (Å²) in [4.78, 5) is 16.3. The van der Waals surface area contributed by atoms with Crippen LogP contribution in [0.4, 0.5) is 0 Å². The predicted molar refractivity (Wildman–Crippen MR) is 78.2 cm³/mol. The first kappa shape index (κ1) is 13.8. The van der Waals surface area contributed by atoms with E-state index in [4.69, 9.17) is 11.6 Å². The molecule has 0 N–H and O–H groups in total. The Bertz CT molecular complexity index is 593. The van der Waals surface area contributed by atoms with Gasteiger partial charge in [0.15, 0.2) is 4.47 Å². The van der Waals surface area contributed by atoms with Crippen LogP contribution in [0.1, 0.15) is 16.1 Å². The zero-order chi connectivity index (χ0) is 13.7.